The quantitative estimate of drug-likeness (QED) is 0.630. The molecule has 1 aliphatic heterocycles. The molecule has 0 aromatic heterocycles. The Hall–Kier alpha value is -0.0800. The molecule has 0 spiro atoms. The maximum Gasteiger partial charge on any atom is 0.0594 e. The number of ether oxygens (including phenoxy) is 1. The summed E-state index contributed by atoms with van der Waals surface area (Å²) in [5.74, 6) is 0. The monoisotopic (exact) mass is 187 g/mol. The molecule has 1 fully saturated rings. The van der Waals surface area contributed by atoms with Crippen molar-refractivity contribution < 1.29 is 4.74 Å². The molecule has 2 nitrogen and oxygen atoms in total. The molecule has 1 aliphatic rings. The number of hydrogen-bond donors (Lipinski definition) is 0. The number of morpholine rings is 1. The fourth-order valence-corrected chi connectivity index (χ4v) is 1.15. The molecule has 1 heterocycles. The summed E-state index contributed by atoms with van der Waals surface area (Å²) < 4.78 is 5.10. The van der Waals surface area contributed by atoms with Gasteiger partial charge in [-0.05, 0) is 7.05 Å². The van der Waals surface area contributed by atoms with Crippen molar-refractivity contribution in [2.45, 2.75) is 39.5 Å². The average molecular weight is 187 g/mol. The Bertz CT molecular complexity index is 86.1. The Morgan fingerprint density at radius 2 is 1.46 bits per heavy atom. The molecule has 80 valence electrons. The van der Waals surface area contributed by atoms with Gasteiger partial charge < -0.3 is 9.64 Å². The van der Waals surface area contributed by atoms with E-state index >= 15 is 0 Å². The Kier molecular flexibility index (Phi) is 9.94. The second-order valence-electron chi connectivity index (χ2n) is 3.62. The summed E-state index contributed by atoms with van der Waals surface area (Å²) in [5, 5.41) is 0. The van der Waals surface area contributed by atoms with Crippen LogP contribution in [0.15, 0.2) is 0 Å². The third kappa shape index (κ3) is 9.84. The second kappa shape index (κ2) is 10.0. The van der Waals surface area contributed by atoms with Crippen LogP contribution >= 0.6 is 0 Å². The van der Waals surface area contributed by atoms with Gasteiger partial charge in [0.25, 0.3) is 0 Å². The normalized spacial score (nSPS) is 17.8. The van der Waals surface area contributed by atoms with Gasteiger partial charge in [0.2, 0.25) is 0 Å². The van der Waals surface area contributed by atoms with E-state index in [9.17, 15) is 0 Å². The maximum atomic E-state index is 5.10. The van der Waals surface area contributed by atoms with Crippen LogP contribution in [0.1, 0.15) is 39.5 Å². The van der Waals surface area contributed by atoms with E-state index in [1.54, 1.807) is 0 Å². The van der Waals surface area contributed by atoms with E-state index in [0.29, 0.717) is 0 Å². The first-order valence-corrected chi connectivity index (χ1v) is 5.57. The summed E-state index contributed by atoms with van der Waals surface area (Å²) in [6, 6.07) is 0. The van der Waals surface area contributed by atoms with E-state index in [1.807, 2.05) is 0 Å². The highest BCUT2D eigenvalue weighted by atomic mass is 16.5. The summed E-state index contributed by atoms with van der Waals surface area (Å²) in [7, 11) is 2.11. The first-order chi connectivity index (χ1) is 6.31. The van der Waals surface area contributed by atoms with Crippen molar-refractivity contribution in [2.75, 3.05) is 33.4 Å². The van der Waals surface area contributed by atoms with Gasteiger partial charge in [-0.3, -0.25) is 0 Å². The second-order valence-corrected chi connectivity index (χ2v) is 3.62. The Balaban J connectivity index is 0.000000226. The topological polar surface area (TPSA) is 12.5 Å². The number of nitrogens with zero attached hydrogens (tertiary/aromatic N) is 1. The van der Waals surface area contributed by atoms with Crippen molar-refractivity contribution in [1.29, 1.82) is 0 Å². The SMILES string of the molecule is CCCCCC.CN1CCOCC1. The lowest BCUT2D eigenvalue weighted by atomic mass is 10.2. The van der Waals surface area contributed by atoms with Gasteiger partial charge >= 0.3 is 0 Å². The lowest BCUT2D eigenvalue weighted by Crippen LogP contribution is -2.32. The summed E-state index contributed by atoms with van der Waals surface area (Å²) in [4.78, 5) is 2.27. The first kappa shape index (κ1) is 12.9. The van der Waals surface area contributed by atoms with Crippen LogP contribution in [-0.4, -0.2) is 38.3 Å². The molecule has 0 amide bonds. The van der Waals surface area contributed by atoms with Crippen LogP contribution in [0.25, 0.3) is 0 Å². The van der Waals surface area contributed by atoms with Crippen molar-refractivity contribution in [3.8, 4) is 0 Å². The highest BCUT2D eigenvalue weighted by molar-refractivity contribution is 4.53. The largest absolute Gasteiger partial charge is 0.379 e. The summed E-state index contributed by atoms with van der Waals surface area (Å²) in [6.45, 7) is 8.48. The molecule has 0 saturated carbocycles. The average Bonchev–Trinajstić information content (AvgIpc) is 2.17. The molecule has 2 heteroatoms. The molecule has 0 unspecified atom stereocenters. The van der Waals surface area contributed by atoms with Gasteiger partial charge in [0, 0.05) is 13.1 Å². The van der Waals surface area contributed by atoms with Crippen molar-refractivity contribution in [1.82, 2.24) is 4.90 Å². The minimum Gasteiger partial charge on any atom is -0.379 e. The summed E-state index contributed by atoms with van der Waals surface area (Å²) in [5.41, 5.74) is 0. The van der Waals surface area contributed by atoms with Gasteiger partial charge in [0.05, 0.1) is 13.2 Å². The van der Waals surface area contributed by atoms with Crippen molar-refractivity contribution in [2.24, 2.45) is 0 Å². The Morgan fingerprint density at radius 3 is 1.69 bits per heavy atom. The van der Waals surface area contributed by atoms with Gasteiger partial charge in [-0.15, -0.1) is 0 Å². The number of rotatable bonds is 3. The number of unbranched alkanes of at least 4 members (excludes halogenated alkanes) is 3. The predicted octanol–water partition coefficient (Wildman–Crippen LogP) is 2.54. The predicted molar refractivity (Wildman–Crippen MR) is 58.1 cm³/mol. The van der Waals surface area contributed by atoms with Crippen LogP contribution < -0.4 is 0 Å². The molecule has 1 rings (SSSR count). The molecule has 0 aliphatic carbocycles. The van der Waals surface area contributed by atoms with Crippen LogP contribution in [-0.2, 0) is 4.74 Å². The van der Waals surface area contributed by atoms with E-state index in [2.05, 4.69) is 25.8 Å². The van der Waals surface area contributed by atoms with Crippen LogP contribution in [0.5, 0.6) is 0 Å². The van der Waals surface area contributed by atoms with Gasteiger partial charge in [-0.25, -0.2) is 0 Å². The molecule has 0 bridgehead atoms. The molecule has 0 radical (unpaired) electrons. The van der Waals surface area contributed by atoms with Crippen LogP contribution in [0.4, 0.5) is 0 Å². The zero-order chi connectivity index (χ0) is 9.94. The van der Waals surface area contributed by atoms with Gasteiger partial charge in [-0.1, -0.05) is 39.5 Å². The molecular weight excluding hydrogens is 162 g/mol. The van der Waals surface area contributed by atoms with Crippen molar-refractivity contribution >= 4 is 0 Å². The minimum atomic E-state index is 0.913. The smallest absolute Gasteiger partial charge is 0.0594 e. The first-order valence-electron chi connectivity index (χ1n) is 5.57. The van der Waals surface area contributed by atoms with E-state index in [0.717, 1.165) is 26.3 Å². The Morgan fingerprint density at radius 1 is 1.00 bits per heavy atom. The van der Waals surface area contributed by atoms with Crippen molar-refractivity contribution in [3.05, 3.63) is 0 Å². The van der Waals surface area contributed by atoms with Gasteiger partial charge in [0.1, 0.15) is 0 Å². The lowest BCUT2D eigenvalue weighted by molar-refractivity contribution is 0.0503. The Labute approximate surface area is 83.3 Å². The van der Waals surface area contributed by atoms with E-state index in [4.69, 9.17) is 4.74 Å². The van der Waals surface area contributed by atoms with Gasteiger partial charge in [-0.2, -0.15) is 0 Å². The van der Waals surface area contributed by atoms with Crippen LogP contribution in [0, 0.1) is 0 Å². The molecule has 0 N–H and O–H groups in total. The number of likely N-dealkylation sites (N-methyl/N-ethyl adjacent to an activating group) is 1. The molecule has 13 heavy (non-hydrogen) atoms. The van der Waals surface area contributed by atoms with E-state index < -0.39 is 0 Å². The molecule has 0 aromatic carbocycles. The highest BCUT2D eigenvalue weighted by Gasteiger charge is 2.02. The van der Waals surface area contributed by atoms with Crippen LogP contribution in [0.2, 0.25) is 0 Å². The minimum absolute atomic E-state index is 0.913. The lowest BCUT2D eigenvalue weighted by Gasteiger charge is -2.21. The molecule has 0 aromatic rings. The third-order valence-corrected chi connectivity index (χ3v) is 2.19. The molecule has 0 atom stereocenters. The van der Waals surface area contributed by atoms with Gasteiger partial charge in [0.15, 0.2) is 0 Å². The number of hydrogen-bond acceptors (Lipinski definition) is 2. The molecular formula is C11H25NO. The van der Waals surface area contributed by atoms with E-state index in [-0.39, 0.29) is 0 Å². The third-order valence-electron chi connectivity index (χ3n) is 2.19. The zero-order valence-electron chi connectivity index (χ0n) is 9.51. The van der Waals surface area contributed by atoms with E-state index in [1.165, 1.54) is 25.7 Å². The fraction of sp³-hybridized carbons (Fsp3) is 1.00. The summed E-state index contributed by atoms with van der Waals surface area (Å²) in [6.07, 6.45) is 5.54. The molecule has 1 saturated heterocycles. The standard InChI is InChI=1S/C6H14.C5H11NO/c1-3-5-6-4-2;1-6-2-4-7-5-3-6/h3-6H2,1-2H3;2-5H2,1H3. The van der Waals surface area contributed by atoms with Crippen LogP contribution in [0.3, 0.4) is 0 Å². The zero-order valence-corrected chi connectivity index (χ0v) is 9.51. The fourth-order valence-electron chi connectivity index (χ4n) is 1.15. The van der Waals surface area contributed by atoms with Crippen molar-refractivity contribution in [3.63, 3.8) is 0 Å². The highest BCUT2D eigenvalue weighted by Crippen LogP contribution is 1.95. The maximum absolute atomic E-state index is 5.10. The summed E-state index contributed by atoms with van der Waals surface area (Å²) >= 11 is 0.